The second kappa shape index (κ2) is 7.83. The third-order valence-corrected chi connectivity index (χ3v) is 6.59. The number of carbonyl (C=O) groups excluding carboxylic acids is 1. The Labute approximate surface area is 152 Å². The predicted molar refractivity (Wildman–Crippen MR) is 97.0 cm³/mol. The van der Waals surface area contributed by atoms with Crippen molar-refractivity contribution in [3.63, 3.8) is 0 Å². The van der Waals surface area contributed by atoms with Gasteiger partial charge in [0.05, 0.1) is 21.8 Å². The molecule has 136 valence electrons. The first-order chi connectivity index (χ1) is 12.0. The maximum Gasteiger partial charge on any atom is 0.334 e. The van der Waals surface area contributed by atoms with Crippen molar-refractivity contribution in [2.45, 2.75) is 57.3 Å². The Morgan fingerprint density at radius 3 is 2.60 bits per heavy atom. The molecule has 0 radical (unpaired) electrons. The number of esters is 1. The molecule has 2 aliphatic rings. The van der Waals surface area contributed by atoms with E-state index in [4.69, 9.17) is 9.47 Å². The van der Waals surface area contributed by atoms with Gasteiger partial charge in [0.2, 0.25) is 6.29 Å². The van der Waals surface area contributed by atoms with Gasteiger partial charge < -0.3 is 9.47 Å². The van der Waals surface area contributed by atoms with E-state index in [0.717, 1.165) is 12.8 Å². The molecule has 1 aromatic rings. The van der Waals surface area contributed by atoms with Crippen LogP contribution in [-0.2, 0) is 25.1 Å². The average Bonchev–Trinajstić information content (AvgIpc) is 2.95. The SMILES string of the molecule is CC(C)[C@@H]1CC[C@@H](C)C[C@H]1O[C@H]1OC(=O)C=C1S(=O)c1ccccc1. The number of rotatable bonds is 5. The van der Waals surface area contributed by atoms with Gasteiger partial charge in [-0.25, -0.2) is 9.00 Å². The number of carbonyl (C=O) groups is 1. The summed E-state index contributed by atoms with van der Waals surface area (Å²) in [6, 6.07) is 9.11. The Balaban J connectivity index is 1.77. The van der Waals surface area contributed by atoms with E-state index < -0.39 is 23.1 Å². The average molecular weight is 362 g/mol. The Kier molecular flexibility index (Phi) is 5.74. The summed E-state index contributed by atoms with van der Waals surface area (Å²) in [5.41, 5.74) is 0. The molecule has 3 rings (SSSR count). The van der Waals surface area contributed by atoms with E-state index in [2.05, 4.69) is 20.8 Å². The summed E-state index contributed by atoms with van der Waals surface area (Å²) in [4.78, 5) is 12.9. The Morgan fingerprint density at radius 1 is 1.20 bits per heavy atom. The van der Waals surface area contributed by atoms with Crippen molar-refractivity contribution in [2.75, 3.05) is 0 Å². The van der Waals surface area contributed by atoms with E-state index in [0.29, 0.717) is 27.6 Å². The van der Waals surface area contributed by atoms with Gasteiger partial charge in [-0.15, -0.1) is 0 Å². The number of ether oxygens (including phenoxy) is 2. The zero-order valence-electron chi connectivity index (χ0n) is 15.0. The lowest BCUT2D eigenvalue weighted by molar-refractivity contribution is -0.179. The minimum atomic E-state index is -1.45. The van der Waals surface area contributed by atoms with Crippen molar-refractivity contribution in [1.82, 2.24) is 0 Å². The van der Waals surface area contributed by atoms with Gasteiger partial charge in [-0.1, -0.05) is 45.4 Å². The van der Waals surface area contributed by atoms with Crippen molar-refractivity contribution in [2.24, 2.45) is 17.8 Å². The normalized spacial score (nSPS) is 30.9. The highest BCUT2D eigenvalue weighted by molar-refractivity contribution is 7.89. The van der Waals surface area contributed by atoms with E-state index in [9.17, 15) is 9.00 Å². The van der Waals surface area contributed by atoms with E-state index in [1.54, 1.807) is 12.1 Å². The second-order valence-electron chi connectivity index (χ2n) is 7.40. The first-order valence-corrected chi connectivity index (χ1v) is 10.1. The van der Waals surface area contributed by atoms with Crippen molar-refractivity contribution >= 4 is 16.8 Å². The van der Waals surface area contributed by atoms with Crippen LogP contribution in [0.1, 0.15) is 40.0 Å². The van der Waals surface area contributed by atoms with Crippen LogP contribution in [-0.4, -0.2) is 22.6 Å². The van der Waals surface area contributed by atoms with Crippen molar-refractivity contribution in [3.05, 3.63) is 41.3 Å². The minimum Gasteiger partial charge on any atom is -0.427 e. The molecule has 1 aliphatic heterocycles. The summed E-state index contributed by atoms with van der Waals surface area (Å²) in [7, 11) is -1.45. The molecule has 0 N–H and O–H groups in total. The fourth-order valence-corrected chi connectivity index (χ4v) is 4.89. The van der Waals surface area contributed by atoms with E-state index in [1.165, 1.54) is 12.5 Å². The van der Waals surface area contributed by atoms with Gasteiger partial charge in [-0.05, 0) is 42.7 Å². The van der Waals surface area contributed by atoms with Gasteiger partial charge in [0.15, 0.2) is 0 Å². The standard InChI is InChI=1S/C20H26O4S/c1-13(2)16-10-9-14(3)11-17(16)23-20-18(12-19(21)24-20)25(22)15-7-5-4-6-8-15/h4-8,12-14,16-17,20H,9-11H2,1-3H3/t14-,16+,17-,20+,25?/m1/s1. The molecule has 1 saturated carbocycles. The van der Waals surface area contributed by atoms with Gasteiger partial charge >= 0.3 is 5.97 Å². The monoisotopic (exact) mass is 362 g/mol. The fraction of sp³-hybridized carbons (Fsp3) is 0.550. The first kappa shape index (κ1) is 18.3. The van der Waals surface area contributed by atoms with Crippen LogP contribution in [0.15, 0.2) is 46.2 Å². The largest absolute Gasteiger partial charge is 0.427 e. The van der Waals surface area contributed by atoms with Crippen molar-refractivity contribution in [1.29, 1.82) is 0 Å². The zero-order chi connectivity index (χ0) is 18.0. The maximum atomic E-state index is 12.9. The van der Waals surface area contributed by atoms with E-state index in [1.807, 2.05) is 18.2 Å². The van der Waals surface area contributed by atoms with Crippen LogP contribution in [0.4, 0.5) is 0 Å². The van der Waals surface area contributed by atoms with Crippen LogP contribution in [0, 0.1) is 17.8 Å². The molecule has 0 bridgehead atoms. The van der Waals surface area contributed by atoms with Crippen LogP contribution in [0.25, 0.3) is 0 Å². The van der Waals surface area contributed by atoms with Crippen LogP contribution in [0.2, 0.25) is 0 Å². The van der Waals surface area contributed by atoms with Crippen LogP contribution < -0.4 is 0 Å². The van der Waals surface area contributed by atoms with Crippen molar-refractivity contribution in [3.8, 4) is 0 Å². The molecule has 25 heavy (non-hydrogen) atoms. The van der Waals surface area contributed by atoms with Crippen LogP contribution >= 0.6 is 0 Å². The molecular formula is C20H26O4S. The molecule has 0 amide bonds. The molecule has 1 fully saturated rings. The number of benzene rings is 1. The highest BCUT2D eigenvalue weighted by Gasteiger charge is 2.38. The van der Waals surface area contributed by atoms with Crippen LogP contribution in [0.5, 0.6) is 0 Å². The molecule has 0 spiro atoms. The third kappa shape index (κ3) is 4.21. The predicted octanol–water partition coefficient (Wildman–Crippen LogP) is 4.04. The Morgan fingerprint density at radius 2 is 1.92 bits per heavy atom. The molecule has 0 aromatic heterocycles. The minimum absolute atomic E-state index is 0.0239. The van der Waals surface area contributed by atoms with E-state index in [-0.39, 0.29) is 6.10 Å². The van der Waals surface area contributed by atoms with E-state index >= 15 is 0 Å². The topological polar surface area (TPSA) is 52.6 Å². The first-order valence-electron chi connectivity index (χ1n) is 9.00. The lowest BCUT2D eigenvalue weighted by atomic mass is 9.75. The lowest BCUT2D eigenvalue weighted by Gasteiger charge is -2.38. The number of cyclic esters (lactones) is 1. The maximum absolute atomic E-state index is 12.9. The molecule has 1 unspecified atom stereocenters. The molecule has 4 nitrogen and oxygen atoms in total. The summed E-state index contributed by atoms with van der Waals surface area (Å²) < 4.78 is 24.4. The highest BCUT2D eigenvalue weighted by Crippen LogP contribution is 2.37. The smallest absolute Gasteiger partial charge is 0.334 e. The summed E-state index contributed by atoms with van der Waals surface area (Å²) >= 11 is 0. The summed E-state index contributed by atoms with van der Waals surface area (Å²) in [5, 5.41) is 0. The summed E-state index contributed by atoms with van der Waals surface area (Å²) in [6.07, 6.45) is 3.77. The third-order valence-electron chi connectivity index (χ3n) is 5.15. The fourth-order valence-electron chi connectivity index (χ4n) is 3.73. The summed E-state index contributed by atoms with van der Waals surface area (Å²) in [6.45, 7) is 6.64. The quantitative estimate of drug-likeness (QED) is 0.742. The molecule has 1 heterocycles. The summed E-state index contributed by atoms with van der Waals surface area (Å²) in [5.74, 6) is 1.04. The molecule has 1 aromatic carbocycles. The van der Waals surface area contributed by atoms with Gasteiger partial charge in [0.1, 0.15) is 0 Å². The number of hydrogen-bond acceptors (Lipinski definition) is 4. The van der Waals surface area contributed by atoms with Crippen LogP contribution in [0.3, 0.4) is 0 Å². The van der Waals surface area contributed by atoms with Gasteiger partial charge in [0.25, 0.3) is 0 Å². The van der Waals surface area contributed by atoms with Gasteiger partial charge in [0, 0.05) is 11.0 Å². The Bertz CT molecular complexity index is 668. The number of hydrogen-bond donors (Lipinski definition) is 0. The highest BCUT2D eigenvalue weighted by atomic mass is 32.2. The molecular weight excluding hydrogens is 336 g/mol. The second-order valence-corrected chi connectivity index (χ2v) is 8.88. The molecule has 0 saturated heterocycles. The Hall–Kier alpha value is -1.46. The molecule has 5 heteroatoms. The molecule has 1 aliphatic carbocycles. The zero-order valence-corrected chi connectivity index (χ0v) is 15.8. The lowest BCUT2D eigenvalue weighted by Crippen LogP contribution is -2.38. The van der Waals surface area contributed by atoms with Gasteiger partial charge in [-0.2, -0.15) is 0 Å². The molecule has 5 atom stereocenters. The van der Waals surface area contributed by atoms with Crippen molar-refractivity contribution < 1.29 is 18.5 Å². The van der Waals surface area contributed by atoms with Gasteiger partial charge in [-0.3, -0.25) is 0 Å².